The minimum absolute atomic E-state index is 0.0576. The molecule has 1 aromatic heterocycles. The highest BCUT2D eigenvalue weighted by Gasteiger charge is 2.35. The lowest BCUT2D eigenvalue weighted by Gasteiger charge is -1.98. The summed E-state index contributed by atoms with van der Waals surface area (Å²) in [6.45, 7) is 5.00. The first-order valence-electron chi connectivity index (χ1n) is 5.61. The lowest BCUT2D eigenvalue weighted by atomic mass is 10.2. The maximum absolute atomic E-state index is 11.7. The van der Waals surface area contributed by atoms with Crippen LogP contribution in [0.15, 0.2) is 17.1 Å². The van der Waals surface area contributed by atoms with Crippen molar-refractivity contribution in [1.82, 2.24) is 4.98 Å². The molecule has 8 nitrogen and oxygen atoms in total. The molecule has 1 aromatic rings. The van der Waals surface area contributed by atoms with E-state index in [2.05, 4.69) is 21.1 Å². The summed E-state index contributed by atoms with van der Waals surface area (Å²) < 4.78 is 14.4. The molecule has 20 heavy (non-hydrogen) atoms. The van der Waals surface area contributed by atoms with Crippen LogP contribution < -0.4 is 0 Å². The van der Waals surface area contributed by atoms with Crippen molar-refractivity contribution in [1.29, 1.82) is 0 Å². The van der Waals surface area contributed by atoms with E-state index < -0.39 is 17.7 Å². The highest BCUT2D eigenvalue weighted by molar-refractivity contribution is 6.41. The number of oxazole rings is 1. The number of nitrogens with zero attached hydrogens (tertiary/aromatic N) is 3. The fourth-order valence-electron chi connectivity index (χ4n) is 1.30. The number of esters is 2. The summed E-state index contributed by atoms with van der Waals surface area (Å²) in [7, 11) is 1.15. The molecule has 0 atom stereocenters. The lowest BCUT2D eigenvalue weighted by molar-refractivity contribution is -0.140. The molecule has 1 rings (SSSR count). The van der Waals surface area contributed by atoms with Gasteiger partial charge < -0.3 is 19.4 Å². The predicted molar refractivity (Wildman–Crippen MR) is 66.1 cm³/mol. The van der Waals surface area contributed by atoms with E-state index in [-0.39, 0.29) is 24.0 Å². The Balaban J connectivity index is 3.07. The van der Waals surface area contributed by atoms with Gasteiger partial charge in [0.1, 0.15) is 0 Å². The van der Waals surface area contributed by atoms with Crippen molar-refractivity contribution in [3.63, 3.8) is 0 Å². The van der Waals surface area contributed by atoms with Gasteiger partial charge in [0.15, 0.2) is 5.89 Å². The van der Waals surface area contributed by atoms with Crippen LogP contribution in [-0.4, -0.2) is 41.1 Å². The highest BCUT2D eigenvalue weighted by Crippen LogP contribution is 2.13. The SMILES string of the molecule is C=CCCOC(=O)C(=[N+]=[N-])c1oc(C)nc1C(=O)OC. The van der Waals surface area contributed by atoms with Crippen molar-refractivity contribution in [3.05, 3.63) is 35.5 Å². The fourth-order valence-corrected chi connectivity index (χ4v) is 1.30. The van der Waals surface area contributed by atoms with Gasteiger partial charge in [0.2, 0.25) is 5.69 Å². The smallest absolute Gasteiger partial charge is 0.443 e. The van der Waals surface area contributed by atoms with Crippen LogP contribution in [0.5, 0.6) is 0 Å². The third-order valence-corrected chi connectivity index (χ3v) is 2.18. The van der Waals surface area contributed by atoms with Crippen LogP contribution in [0, 0.1) is 6.92 Å². The number of ether oxygens (including phenoxy) is 2. The molecule has 0 unspecified atom stereocenters. The van der Waals surface area contributed by atoms with Crippen LogP contribution in [-0.2, 0) is 14.3 Å². The maximum Gasteiger partial charge on any atom is 0.443 e. The molecule has 0 aliphatic rings. The topological polar surface area (TPSA) is 115 Å². The third-order valence-electron chi connectivity index (χ3n) is 2.18. The minimum Gasteiger partial charge on any atom is -0.464 e. The van der Waals surface area contributed by atoms with E-state index in [0.29, 0.717) is 6.42 Å². The number of methoxy groups -OCH3 is 1. The molecule has 0 radical (unpaired) electrons. The van der Waals surface area contributed by atoms with Crippen molar-refractivity contribution in [2.75, 3.05) is 13.7 Å². The Morgan fingerprint density at radius 2 is 2.25 bits per heavy atom. The number of hydrogen-bond acceptors (Lipinski definition) is 6. The summed E-state index contributed by atoms with van der Waals surface area (Å²) in [5.74, 6) is -1.96. The van der Waals surface area contributed by atoms with E-state index >= 15 is 0 Å². The van der Waals surface area contributed by atoms with E-state index in [0.717, 1.165) is 7.11 Å². The summed E-state index contributed by atoms with van der Waals surface area (Å²) >= 11 is 0. The normalized spacial score (nSPS) is 9.50. The second kappa shape index (κ2) is 7.01. The Bertz CT molecular complexity index is 584. The van der Waals surface area contributed by atoms with Crippen LogP contribution in [0.4, 0.5) is 0 Å². The fraction of sp³-hybridized carbons (Fsp3) is 0.333. The Kier molecular flexibility index (Phi) is 5.37. The Morgan fingerprint density at radius 3 is 2.80 bits per heavy atom. The Hall–Kier alpha value is -2.73. The predicted octanol–water partition coefficient (Wildman–Crippen LogP) is 0.908. The van der Waals surface area contributed by atoms with E-state index in [1.54, 1.807) is 6.08 Å². The zero-order valence-corrected chi connectivity index (χ0v) is 11.1. The van der Waals surface area contributed by atoms with Gasteiger partial charge in [0, 0.05) is 6.92 Å². The van der Waals surface area contributed by atoms with Crippen LogP contribution in [0.1, 0.15) is 28.6 Å². The first kappa shape index (κ1) is 15.3. The number of carbonyl (C=O) groups excluding carboxylic acids is 2. The first-order chi connectivity index (χ1) is 9.54. The molecule has 1 heterocycles. The van der Waals surface area contributed by atoms with E-state index in [9.17, 15) is 9.59 Å². The molecular formula is C12H13N3O5. The molecule has 8 heteroatoms. The second-order valence-electron chi connectivity index (χ2n) is 3.56. The lowest BCUT2D eigenvalue weighted by Crippen LogP contribution is -2.22. The van der Waals surface area contributed by atoms with Crippen molar-refractivity contribution < 1.29 is 28.3 Å². The van der Waals surface area contributed by atoms with Gasteiger partial charge in [0.05, 0.1) is 13.7 Å². The zero-order chi connectivity index (χ0) is 15.1. The van der Waals surface area contributed by atoms with Crippen molar-refractivity contribution >= 4 is 17.7 Å². The summed E-state index contributed by atoms with van der Waals surface area (Å²) in [6, 6.07) is 0. The average molecular weight is 279 g/mol. The third kappa shape index (κ3) is 3.39. The molecule has 0 saturated carbocycles. The van der Waals surface area contributed by atoms with Crippen LogP contribution >= 0.6 is 0 Å². The standard InChI is InChI=1S/C12H13N3O5/c1-4-5-6-19-12(17)9(15-13)10-8(11(16)18-3)14-7(2)20-10/h4H,1,5-6H2,2-3H3. The summed E-state index contributed by atoms with van der Waals surface area (Å²) in [6.07, 6.45) is 1.99. The zero-order valence-electron chi connectivity index (χ0n) is 11.1. The molecular weight excluding hydrogens is 266 g/mol. The van der Waals surface area contributed by atoms with Gasteiger partial charge >= 0.3 is 17.7 Å². The first-order valence-corrected chi connectivity index (χ1v) is 5.61. The molecule has 0 spiro atoms. The second-order valence-corrected chi connectivity index (χ2v) is 3.56. The molecule has 0 fully saturated rings. The van der Waals surface area contributed by atoms with Gasteiger partial charge in [-0.2, -0.15) is 4.79 Å². The quantitative estimate of drug-likeness (QED) is 0.191. The monoisotopic (exact) mass is 279 g/mol. The maximum atomic E-state index is 11.7. The van der Waals surface area contributed by atoms with Gasteiger partial charge in [-0.3, -0.25) is 0 Å². The van der Waals surface area contributed by atoms with E-state index in [1.165, 1.54) is 6.92 Å². The molecule has 0 aliphatic heterocycles. The van der Waals surface area contributed by atoms with Crippen molar-refractivity contribution in [3.8, 4) is 0 Å². The van der Waals surface area contributed by atoms with E-state index in [4.69, 9.17) is 14.7 Å². The van der Waals surface area contributed by atoms with Crippen LogP contribution in [0.2, 0.25) is 0 Å². The summed E-state index contributed by atoms with van der Waals surface area (Å²) in [5.41, 5.74) is 8.10. The minimum atomic E-state index is -0.948. The molecule has 0 bridgehead atoms. The largest absolute Gasteiger partial charge is 0.464 e. The Morgan fingerprint density at radius 1 is 1.55 bits per heavy atom. The van der Waals surface area contributed by atoms with Crippen LogP contribution in [0.25, 0.3) is 5.53 Å². The number of hydrogen-bond donors (Lipinski definition) is 0. The number of aryl methyl sites for hydroxylation is 1. The molecule has 0 amide bonds. The molecule has 0 saturated heterocycles. The van der Waals surface area contributed by atoms with Crippen molar-refractivity contribution in [2.45, 2.75) is 13.3 Å². The van der Waals surface area contributed by atoms with Gasteiger partial charge in [0.25, 0.3) is 5.76 Å². The highest BCUT2D eigenvalue weighted by atomic mass is 16.5. The number of rotatable bonds is 6. The molecule has 0 N–H and O–H groups in total. The van der Waals surface area contributed by atoms with Gasteiger partial charge in [-0.1, -0.05) is 6.08 Å². The Labute approximate surface area is 114 Å². The van der Waals surface area contributed by atoms with Gasteiger partial charge in [-0.25, -0.2) is 14.6 Å². The van der Waals surface area contributed by atoms with Crippen molar-refractivity contribution in [2.24, 2.45) is 0 Å². The number of carbonyl (C=O) groups is 2. The summed E-state index contributed by atoms with van der Waals surface area (Å²) in [5, 5.41) is 0. The molecule has 0 aliphatic carbocycles. The summed E-state index contributed by atoms with van der Waals surface area (Å²) in [4.78, 5) is 29.8. The van der Waals surface area contributed by atoms with Crippen LogP contribution in [0.3, 0.4) is 0 Å². The van der Waals surface area contributed by atoms with Gasteiger partial charge in [-0.15, -0.1) is 6.58 Å². The molecule has 0 aromatic carbocycles. The van der Waals surface area contributed by atoms with Gasteiger partial charge in [-0.05, 0) is 6.42 Å². The average Bonchev–Trinajstić information content (AvgIpc) is 2.81. The van der Waals surface area contributed by atoms with E-state index in [1.807, 2.05) is 0 Å². The number of aromatic nitrogens is 1. The molecule has 106 valence electrons.